The van der Waals surface area contributed by atoms with Crippen LogP contribution in [0.15, 0.2) is 12.3 Å². The number of nitriles is 1. The predicted octanol–water partition coefficient (Wildman–Crippen LogP) is 2.72. The molecular formula is C14H18BF2N3O2. The van der Waals surface area contributed by atoms with Gasteiger partial charge in [-0.1, -0.05) is 0 Å². The van der Waals surface area contributed by atoms with Gasteiger partial charge in [0.05, 0.1) is 7.11 Å². The second-order valence-electron chi connectivity index (χ2n) is 5.57. The maximum Gasteiger partial charge on any atom is 0.374 e. The molecule has 1 aromatic heterocycles. The second kappa shape index (κ2) is 6.49. The lowest BCUT2D eigenvalue weighted by atomic mass is 9.51. The van der Waals surface area contributed by atoms with Crippen LogP contribution in [0.4, 0.5) is 8.78 Å². The summed E-state index contributed by atoms with van der Waals surface area (Å²) in [6.45, 7) is 1.25. The van der Waals surface area contributed by atoms with Crippen molar-refractivity contribution in [2.45, 2.75) is 43.9 Å². The van der Waals surface area contributed by atoms with Crippen molar-refractivity contribution in [2.24, 2.45) is 5.73 Å². The van der Waals surface area contributed by atoms with Gasteiger partial charge in [-0.25, -0.2) is 13.8 Å². The normalized spacial score (nSPS) is 21.8. The van der Waals surface area contributed by atoms with E-state index in [1.54, 1.807) is 19.2 Å². The van der Waals surface area contributed by atoms with E-state index in [-0.39, 0.29) is 25.1 Å². The summed E-state index contributed by atoms with van der Waals surface area (Å²) in [5.74, 6) is -3.57. The molecule has 0 amide bonds. The standard InChI is InChI=1S/C14H18BF2N3O2/c1-9(19)11-5-10(7-20-13(11)21-2)12-6-15(22-8-18)4-3-14(12,16)17/h5,7,9,12H,3-4,6,19H2,1-2H3. The summed E-state index contributed by atoms with van der Waals surface area (Å²) >= 11 is 0. The number of hydrogen-bond acceptors (Lipinski definition) is 5. The highest BCUT2D eigenvalue weighted by molar-refractivity contribution is 6.52. The number of methoxy groups -OCH3 is 1. The maximum absolute atomic E-state index is 14.3. The highest BCUT2D eigenvalue weighted by Crippen LogP contribution is 2.46. The Kier molecular flexibility index (Phi) is 4.86. The molecule has 0 bridgehead atoms. The molecule has 2 heterocycles. The SMILES string of the molecule is COc1ncc(C2CB(OC#N)CCC2(F)F)cc1C(C)N. The summed E-state index contributed by atoms with van der Waals surface area (Å²) in [7, 11) is 1.46. The van der Waals surface area contributed by atoms with Crippen molar-refractivity contribution in [2.75, 3.05) is 7.11 Å². The second-order valence-corrected chi connectivity index (χ2v) is 5.57. The first kappa shape index (κ1) is 16.5. The quantitative estimate of drug-likeness (QED) is 0.683. The molecule has 1 saturated heterocycles. The first-order valence-corrected chi connectivity index (χ1v) is 7.11. The number of nitrogens with zero attached hydrogens (tertiary/aromatic N) is 2. The Hall–Kier alpha value is -1.88. The van der Waals surface area contributed by atoms with E-state index in [9.17, 15) is 8.78 Å². The van der Waals surface area contributed by atoms with Crippen LogP contribution in [0.3, 0.4) is 0 Å². The first-order valence-electron chi connectivity index (χ1n) is 7.11. The summed E-state index contributed by atoms with van der Waals surface area (Å²) in [5.41, 5.74) is 6.83. The minimum atomic E-state index is -2.86. The van der Waals surface area contributed by atoms with Crippen LogP contribution >= 0.6 is 0 Å². The minimum absolute atomic E-state index is 0.0764. The Morgan fingerprint density at radius 1 is 1.59 bits per heavy atom. The zero-order valence-corrected chi connectivity index (χ0v) is 12.6. The van der Waals surface area contributed by atoms with Crippen LogP contribution in [0, 0.1) is 11.5 Å². The Balaban J connectivity index is 2.35. The average Bonchev–Trinajstić information content (AvgIpc) is 2.48. The molecule has 118 valence electrons. The number of pyridine rings is 1. The summed E-state index contributed by atoms with van der Waals surface area (Å²) in [4.78, 5) is 4.09. The lowest BCUT2D eigenvalue weighted by Crippen LogP contribution is -2.37. The van der Waals surface area contributed by atoms with E-state index in [0.29, 0.717) is 17.0 Å². The number of nitrogens with two attached hydrogens (primary N) is 1. The van der Waals surface area contributed by atoms with Crippen LogP contribution in [-0.2, 0) is 4.65 Å². The molecule has 0 spiro atoms. The highest BCUT2D eigenvalue weighted by atomic mass is 19.3. The van der Waals surface area contributed by atoms with E-state index in [2.05, 4.69) is 4.98 Å². The largest absolute Gasteiger partial charge is 0.498 e. The monoisotopic (exact) mass is 309 g/mol. The Bertz CT molecular complexity index is 578. The van der Waals surface area contributed by atoms with E-state index in [4.69, 9.17) is 20.4 Å². The zero-order chi connectivity index (χ0) is 16.3. The van der Waals surface area contributed by atoms with Gasteiger partial charge in [0.1, 0.15) is 0 Å². The molecule has 2 unspecified atom stereocenters. The molecule has 1 fully saturated rings. The predicted molar refractivity (Wildman–Crippen MR) is 77.8 cm³/mol. The van der Waals surface area contributed by atoms with E-state index in [1.807, 2.05) is 0 Å². The van der Waals surface area contributed by atoms with Gasteiger partial charge in [-0.15, -0.1) is 0 Å². The van der Waals surface area contributed by atoms with Crippen molar-refractivity contribution in [3.63, 3.8) is 0 Å². The number of aromatic nitrogens is 1. The maximum atomic E-state index is 14.3. The molecule has 2 rings (SSSR count). The van der Waals surface area contributed by atoms with Crippen molar-refractivity contribution in [1.29, 1.82) is 5.26 Å². The van der Waals surface area contributed by atoms with Crippen molar-refractivity contribution in [3.8, 4) is 12.1 Å². The third-order valence-electron chi connectivity index (χ3n) is 4.01. The molecule has 1 aliphatic heterocycles. The van der Waals surface area contributed by atoms with Crippen LogP contribution in [0.2, 0.25) is 12.6 Å². The van der Waals surface area contributed by atoms with Crippen LogP contribution in [0.1, 0.15) is 36.4 Å². The van der Waals surface area contributed by atoms with Crippen molar-refractivity contribution in [3.05, 3.63) is 23.4 Å². The molecule has 0 aromatic carbocycles. The lowest BCUT2D eigenvalue weighted by Gasteiger charge is -2.33. The Labute approximate surface area is 128 Å². The van der Waals surface area contributed by atoms with Gasteiger partial charge in [0.25, 0.3) is 12.2 Å². The molecule has 0 saturated carbocycles. The number of alkyl halides is 2. The van der Waals surface area contributed by atoms with Gasteiger partial charge >= 0.3 is 6.92 Å². The van der Waals surface area contributed by atoms with Gasteiger partial charge in [-0.3, -0.25) is 0 Å². The molecule has 0 aliphatic carbocycles. The van der Waals surface area contributed by atoms with E-state index in [1.165, 1.54) is 13.3 Å². The van der Waals surface area contributed by atoms with Gasteiger partial charge in [0, 0.05) is 30.1 Å². The summed E-state index contributed by atoms with van der Waals surface area (Å²) in [6.07, 6.45) is 2.90. The van der Waals surface area contributed by atoms with E-state index >= 15 is 0 Å². The van der Waals surface area contributed by atoms with Crippen LogP contribution in [0.5, 0.6) is 5.88 Å². The summed E-state index contributed by atoms with van der Waals surface area (Å²) in [6, 6.07) is 1.23. The number of rotatable bonds is 4. The van der Waals surface area contributed by atoms with Crippen molar-refractivity contribution >= 4 is 6.92 Å². The van der Waals surface area contributed by atoms with Gasteiger partial charge in [-0.05, 0) is 31.2 Å². The molecule has 2 N–H and O–H groups in total. The topological polar surface area (TPSA) is 81.2 Å². The molecule has 8 heteroatoms. The van der Waals surface area contributed by atoms with E-state index < -0.39 is 18.8 Å². The lowest BCUT2D eigenvalue weighted by molar-refractivity contribution is -0.0327. The van der Waals surface area contributed by atoms with Gasteiger partial charge < -0.3 is 15.1 Å². The molecule has 22 heavy (non-hydrogen) atoms. The molecule has 1 aromatic rings. The third kappa shape index (κ3) is 3.30. The summed E-state index contributed by atoms with van der Waals surface area (Å²) in [5, 5.41) is 8.59. The van der Waals surface area contributed by atoms with Crippen LogP contribution < -0.4 is 10.5 Å². The van der Waals surface area contributed by atoms with Gasteiger partial charge in [0.2, 0.25) is 5.88 Å². The molecular weight excluding hydrogens is 291 g/mol. The highest BCUT2D eigenvalue weighted by Gasteiger charge is 2.48. The van der Waals surface area contributed by atoms with Crippen molar-refractivity contribution in [1.82, 2.24) is 4.98 Å². The van der Waals surface area contributed by atoms with Crippen LogP contribution in [0.25, 0.3) is 0 Å². The molecule has 1 aliphatic rings. The number of ether oxygens (including phenoxy) is 1. The third-order valence-corrected chi connectivity index (χ3v) is 4.01. The van der Waals surface area contributed by atoms with Gasteiger partial charge in [0.15, 0.2) is 0 Å². The van der Waals surface area contributed by atoms with Crippen molar-refractivity contribution < 1.29 is 18.2 Å². The molecule has 5 nitrogen and oxygen atoms in total. The van der Waals surface area contributed by atoms with Crippen LogP contribution in [-0.4, -0.2) is 24.9 Å². The number of halogens is 2. The summed E-state index contributed by atoms with van der Waals surface area (Å²) < 4.78 is 38.5. The minimum Gasteiger partial charge on any atom is -0.498 e. The fraction of sp³-hybridized carbons (Fsp3) is 0.571. The fourth-order valence-electron chi connectivity index (χ4n) is 2.82. The Morgan fingerprint density at radius 3 is 2.91 bits per heavy atom. The average molecular weight is 309 g/mol. The van der Waals surface area contributed by atoms with E-state index in [0.717, 1.165) is 0 Å². The number of hydrogen-bond donors (Lipinski definition) is 1. The fourth-order valence-corrected chi connectivity index (χ4v) is 2.82. The Morgan fingerprint density at radius 2 is 2.32 bits per heavy atom. The van der Waals surface area contributed by atoms with Gasteiger partial charge in [-0.2, -0.15) is 5.26 Å². The molecule has 0 radical (unpaired) electrons. The first-order chi connectivity index (χ1) is 10.4. The zero-order valence-electron chi connectivity index (χ0n) is 12.6. The smallest absolute Gasteiger partial charge is 0.374 e. The molecule has 2 atom stereocenters.